The quantitative estimate of drug-likeness (QED) is 0.0384. The largest absolute Gasteiger partial charge is 0.508 e. The molecule has 1 rings (SSSR count). The first-order chi connectivity index (χ1) is 28.3. The molecular formula is C50H81NO7. The highest BCUT2D eigenvalue weighted by Gasteiger charge is 2.08. The number of benzene rings is 1. The highest BCUT2D eigenvalue weighted by Crippen LogP contribution is 2.19. The van der Waals surface area contributed by atoms with Crippen molar-refractivity contribution in [3.63, 3.8) is 0 Å². The van der Waals surface area contributed by atoms with E-state index in [-0.39, 0.29) is 6.61 Å². The van der Waals surface area contributed by atoms with Gasteiger partial charge in [-0.15, -0.1) is 0 Å². The number of carboxylic acid groups (broad SMARTS) is 2. The summed E-state index contributed by atoms with van der Waals surface area (Å²) in [5.41, 5.74) is 3.69. The second-order valence-electron chi connectivity index (χ2n) is 16.0. The lowest BCUT2D eigenvalue weighted by molar-refractivity contribution is -0.138. The number of nitrogens with zero attached hydrogens (tertiary/aromatic N) is 1. The molecule has 2 N–H and O–H groups in total. The highest BCUT2D eigenvalue weighted by atomic mass is 16.7. The normalized spacial score (nSPS) is 11.9. The number of carbonyl (C=O) groups excluding carboxylic acids is 1. The fraction of sp³-hybridized carbons (Fsp3) is 0.660. The van der Waals surface area contributed by atoms with Gasteiger partial charge in [0.05, 0.1) is 0 Å². The Morgan fingerprint density at radius 3 is 1.24 bits per heavy atom. The third kappa shape index (κ3) is 36.7. The van der Waals surface area contributed by atoms with E-state index in [0.717, 1.165) is 108 Å². The van der Waals surface area contributed by atoms with Crippen LogP contribution in [0.3, 0.4) is 0 Å². The lowest BCUT2D eigenvalue weighted by Gasteiger charge is -2.12. The average Bonchev–Trinajstić information content (AvgIpc) is 3.18. The van der Waals surface area contributed by atoms with Gasteiger partial charge in [0.2, 0.25) is 0 Å². The summed E-state index contributed by atoms with van der Waals surface area (Å²) in [5, 5.41) is 17.4. The second-order valence-corrected chi connectivity index (χ2v) is 16.0. The van der Waals surface area contributed by atoms with Gasteiger partial charge >= 0.3 is 18.1 Å². The van der Waals surface area contributed by atoms with Crippen LogP contribution in [0.1, 0.15) is 184 Å². The molecule has 8 heteroatoms. The minimum absolute atomic E-state index is 0.233. The number of carboxylic acids is 2. The first-order valence-electron chi connectivity index (χ1n) is 22.9. The van der Waals surface area contributed by atoms with Crippen LogP contribution >= 0.6 is 0 Å². The number of aliphatic carboxylic acids is 2. The third-order valence-electron chi connectivity index (χ3n) is 10.1. The number of hydrogen-bond donors (Lipinski definition) is 2. The van der Waals surface area contributed by atoms with Crippen LogP contribution in [0.4, 0.5) is 4.79 Å². The van der Waals surface area contributed by atoms with E-state index in [1.807, 2.05) is 19.0 Å². The maximum atomic E-state index is 12.2. The summed E-state index contributed by atoms with van der Waals surface area (Å²) in [5.74, 6) is -1.38. The number of likely N-dealkylation sites (N-methyl/N-ethyl adjacent to an activating group) is 1. The summed E-state index contributed by atoms with van der Waals surface area (Å²) in [6.45, 7) is 1.22. The van der Waals surface area contributed by atoms with Crippen molar-refractivity contribution >= 4 is 18.1 Å². The summed E-state index contributed by atoms with van der Waals surface area (Å²) in [7, 11) is 3.89. The molecule has 0 aliphatic heterocycles. The Bertz CT molecular complexity index is 1220. The van der Waals surface area contributed by atoms with Crippen LogP contribution in [0.15, 0.2) is 66.8 Å². The van der Waals surface area contributed by atoms with Crippen LogP contribution in [-0.4, -0.2) is 60.5 Å². The summed E-state index contributed by atoms with van der Waals surface area (Å²) in [6, 6.07) is 6.76. The molecule has 0 unspecified atom stereocenters. The first kappa shape index (κ1) is 52.4. The molecule has 0 atom stereocenters. The third-order valence-corrected chi connectivity index (χ3v) is 10.1. The van der Waals surface area contributed by atoms with Crippen molar-refractivity contribution in [2.24, 2.45) is 0 Å². The number of aryl methyl sites for hydroxylation is 2. The summed E-state index contributed by atoms with van der Waals surface area (Å²) >= 11 is 0. The zero-order valence-corrected chi connectivity index (χ0v) is 36.7. The van der Waals surface area contributed by atoms with E-state index in [1.165, 1.54) is 75.3 Å². The van der Waals surface area contributed by atoms with Crippen molar-refractivity contribution in [3.05, 3.63) is 83.5 Å². The highest BCUT2D eigenvalue weighted by molar-refractivity contribution is 5.66. The number of ether oxygens (including phenoxy) is 2. The Balaban J connectivity index is 2.32. The maximum absolute atomic E-state index is 12.2. The Morgan fingerprint density at radius 2 is 0.845 bits per heavy atom. The van der Waals surface area contributed by atoms with Gasteiger partial charge in [0.15, 0.2) is 0 Å². The summed E-state index contributed by atoms with van der Waals surface area (Å²) < 4.78 is 10.7. The van der Waals surface area contributed by atoms with Gasteiger partial charge in [-0.3, -0.25) is 9.59 Å². The molecule has 0 heterocycles. The molecule has 0 saturated carbocycles. The van der Waals surface area contributed by atoms with Crippen LogP contribution in [0.2, 0.25) is 0 Å². The molecule has 0 aliphatic carbocycles. The number of hydrogen-bond acceptors (Lipinski definition) is 6. The lowest BCUT2D eigenvalue weighted by Crippen LogP contribution is -2.20. The van der Waals surface area contributed by atoms with E-state index in [9.17, 15) is 14.4 Å². The molecule has 8 nitrogen and oxygen atoms in total. The number of rotatable bonds is 39. The van der Waals surface area contributed by atoms with E-state index in [4.69, 9.17) is 19.7 Å². The molecular weight excluding hydrogens is 727 g/mol. The van der Waals surface area contributed by atoms with E-state index in [0.29, 0.717) is 26.0 Å². The van der Waals surface area contributed by atoms with Gasteiger partial charge in [0, 0.05) is 19.4 Å². The van der Waals surface area contributed by atoms with Crippen molar-refractivity contribution in [2.45, 2.75) is 186 Å². The fourth-order valence-corrected chi connectivity index (χ4v) is 6.75. The van der Waals surface area contributed by atoms with Crippen molar-refractivity contribution in [3.8, 4) is 0 Å². The van der Waals surface area contributed by atoms with Crippen molar-refractivity contribution < 1.29 is 34.1 Å². The molecule has 328 valence electrons. The molecule has 0 aromatic heterocycles. The van der Waals surface area contributed by atoms with Crippen LogP contribution in [0.5, 0.6) is 0 Å². The SMILES string of the molecule is CN(C)CCOC(=O)OCc1cc(CCCCCCC=CCC=CCCCCCCCC(=O)O)cc(CCCCCCC=CCC=CCCCCCCCC(=O)O)c1. The van der Waals surface area contributed by atoms with Crippen LogP contribution < -0.4 is 0 Å². The first-order valence-corrected chi connectivity index (χ1v) is 22.9. The Labute approximate surface area is 353 Å². The molecule has 0 bridgehead atoms. The maximum Gasteiger partial charge on any atom is 0.508 e. The van der Waals surface area contributed by atoms with Gasteiger partial charge in [-0.25, -0.2) is 4.79 Å². The van der Waals surface area contributed by atoms with Gasteiger partial charge in [-0.05, 0) is 134 Å². The average molecular weight is 808 g/mol. The predicted molar refractivity (Wildman–Crippen MR) is 240 cm³/mol. The molecule has 0 aliphatic rings. The molecule has 0 amide bonds. The zero-order chi connectivity index (χ0) is 42.2. The summed E-state index contributed by atoms with van der Waals surface area (Å²) in [6.07, 6.45) is 47.0. The summed E-state index contributed by atoms with van der Waals surface area (Å²) in [4.78, 5) is 35.3. The monoisotopic (exact) mass is 808 g/mol. The van der Waals surface area contributed by atoms with Gasteiger partial charge in [0.1, 0.15) is 13.2 Å². The van der Waals surface area contributed by atoms with Gasteiger partial charge < -0.3 is 24.6 Å². The molecule has 0 saturated heterocycles. The van der Waals surface area contributed by atoms with E-state index >= 15 is 0 Å². The Hall–Kier alpha value is -3.65. The van der Waals surface area contributed by atoms with Gasteiger partial charge in [-0.2, -0.15) is 0 Å². The molecule has 0 fully saturated rings. The van der Waals surface area contributed by atoms with E-state index < -0.39 is 18.1 Å². The Morgan fingerprint density at radius 1 is 0.483 bits per heavy atom. The van der Waals surface area contributed by atoms with Crippen molar-refractivity contribution in [1.29, 1.82) is 0 Å². The molecule has 0 radical (unpaired) electrons. The molecule has 1 aromatic carbocycles. The van der Waals surface area contributed by atoms with Gasteiger partial charge in [0.25, 0.3) is 0 Å². The Kier molecular flexibility index (Phi) is 35.1. The number of unbranched alkanes of at least 4 members (excludes halogenated alkanes) is 18. The number of carbonyl (C=O) groups is 3. The van der Waals surface area contributed by atoms with Crippen LogP contribution in [0.25, 0.3) is 0 Å². The zero-order valence-electron chi connectivity index (χ0n) is 36.7. The van der Waals surface area contributed by atoms with E-state index in [2.05, 4.69) is 66.8 Å². The second kappa shape index (κ2) is 38.8. The van der Waals surface area contributed by atoms with Crippen LogP contribution in [0, 0.1) is 0 Å². The predicted octanol–water partition coefficient (Wildman–Crippen LogP) is 13.5. The standard InChI is InChI=1S/C50H81NO7/c1-51(2)39-40-57-50(56)58-44-47-42-45(35-31-27-23-19-15-11-7-3-5-9-13-17-21-25-29-33-37-48(52)53)41-46(43-47)36-32-28-24-20-16-12-8-4-6-10-14-18-22-26-30-34-38-49(54)55/h5-12,41-43H,3-4,13-40,44H2,1-2H3,(H,52,53)(H,54,55). The topological polar surface area (TPSA) is 113 Å². The van der Waals surface area contributed by atoms with E-state index in [1.54, 1.807) is 0 Å². The molecule has 1 aromatic rings. The van der Waals surface area contributed by atoms with Crippen molar-refractivity contribution in [1.82, 2.24) is 4.90 Å². The minimum Gasteiger partial charge on any atom is -0.481 e. The fourth-order valence-electron chi connectivity index (χ4n) is 6.75. The van der Waals surface area contributed by atoms with Crippen LogP contribution in [-0.2, 0) is 38.5 Å². The smallest absolute Gasteiger partial charge is 0.481 e. The lowest BCUT2D eigenvalue weighted by atomic mass is 9.97. The van der Waals surface area contributed by atoms with Crippen molar-refractivity contribution in [2.75, 3.05) is 27.2 Å². The molecule has 58 heavy (non-hydrogen) atoms. The number of allylic oxidation sites excluding steroid dienone is 8. The molecule has 0 spiro atoms. The minimum atomic E-state index is -0.689. The van der Waals surface area contributed by atoms with Gasteiger partial charge in [-0.1, -0.05) is 131 Å².